The van der Waals surface area contributed by atoms with Gasteiger partial charge in [0.15, 0.2) is 0 Å². The van der Waals surface area contributed by atoms with E-state index in [0.717, 1.165) is 0 Å². The molecule has 0 aliphatic carbocycles. The number of halogens is 2. The van der Waals surface area contributed by atoms with Crippen molar-refractivity contribution in [3.8, 4) is 22.6 Å². The van der Waals surface area contributed by atoms with Crippen LogP contribution >= 0.6 is 11.6 Å². The van der Waals surface area contributed by atoms with Crippen LogP contribution in [-0.2, 0) is 0 Å². The van der Waals surface area contributed by atoms with Gasteiger partial charge in [0.2, 0.25) is 0 Å². The molecule has 2 aromatic heterocycles. The lowest BCUT2D eigenvalue weighted by atomic mass is 10.0. The van der Waals surface area contributed by atoms with Crippen LogP contribution in [0.25, 0.3) is 16.8 Å². The number of aromatic nitrogens is 5. The smallest absolute Gasteiger partial charge is 0.410 e. The Bertz CT molecular complexity index is 1200. The number of rotatable bonds is 5. The van der Waals surface area contributed by atoms with Crippen LogP contribution in [0.5, 0.6) is 5.75 Å². The molecule has 0 radical (unpaired) electrons. The second-order valence-electron chi connectivity index (χ2n) is 6.60. The van der Waals surface area contributed by atoms with Crippen molar-refractivity contribution in [2.24, 2.45) is 0 Å². The van der Waals surface area contributed by atoms with Gasteiger partial charge in [-0.2, -0.15) is 0 Å². The normalized spacial score (nSPS) is 11.7. The first kappa shape index (κ1) is 20.4. The van der Waals surface area contributed by atoms with E-state index in [4.69, 9.17) is 16.3 Å². The predicted octanol–water partition coefficient (Wildman–Crippen LogP) is 4.37. The molecule has 1 atom stereocenters. The summed E-state index contributed by atoms with van der Waals surface area (Å²) in [6.45, 7) is 1.80. The van der Waals surface area contributed by atoms with Gasteiger partial charge in [-0.1, -0.05) is 17.7 Å². The van der Waals surface area contributed by atoms with E-state index in [9.17, 15) is 9.18 Å². The summed E-state index contributed by atoms with van der Waals surface area (Å²) < 4.78 is 20.4. The van der Waals surface area contributed by atoms with Crippen LogP contribution in [0.3, 0.4) is 0 Å². The Morgan fingerprint density at radius 1 is 1.19 bits per heavy atom. The third kappa shape index (κ3) is 4.84. The summed E-state index contributed by atoms with van der Waals surface area (Å²) in [7, 11) is 0. The summed E-state index contributed by atoms with van der Waals surface area (Å²) in [6.07, 6.45) is 2.38. The summed E-state index contributed by atoms with van der Waals surface area (Å²) in [4.78, 5) is 16.7. The van der Waals surface area contributed by atoms with Crippen LogP contribution in [0.1, 0.15) is 18.7 Å². The maximum Gasteiger partial charge on any atom is 0.413 e. The molecule has 156 valence electrons. The Labute approximate surface area is 181 Å². The molecule has 2 heterocycles. The first-order valence-corrected chi connectivity index (χ1v) is 9.60. The minimum atomic E-state index is -0.664. The molecule has 0 saturated carbocycles. The molecule has 0 aliphatic rings. The molecule has 0 bridgehead atoms. The average molecular weight is 439 g/mol. The van der Waals surface area contributed by atoms with E-state index in [-0.39, 0.29) is 16.8 Å². The van der Waals surface area contributed by atoms with E-state index in [0.29, 0.717) is 22.5 Å². The molecule has 0 spiro atoms. The third-order valence-electron chi connectivity index (χ3n) is 4.42. The molecular formula is C21H16ClFN6O2. The van der Waals surface area contributed by atoms with Crippen molar-refractivity contribution in [3.05, 3.63) is 83.7 Å². The van der Waals surface area contributed by atoms with Crippen molar-refractivity contribution in [1.82, 2.24) is 30.5 Å². The van der Waals surface area contributed by atoms with E-state index in [1.165, 1.54) is 23.1 Å². The number of nitrogens with one attached hydrogen (secondary N) is 1. The van der Waals surface area contributed by atoms with Gasteiger partial charge in [-0.25, -0.2) is 13.9 Å². The summed E-state index contributed by atoms with van der Waals surface area (Å²) in [6, 6.07) is 14.1. The molecule has 1 N–H and O–H groups in total. The molecule has 1 unspecified atom stereocenters. The molecule has 10 heteroatoms. The fourth-order valence-corrected chi connectivity index (χ4v) is 3.23. The zero-order chi connectivity index (χ0) is 21.8. The van der Waals surface area contributed by atoms with Crippen LogP contribution < -0.4 is 10.1 Å². The topological polar surface area (TPSA) is 94.8 Å². The number of pyridine rings is 1. The van der Waals surface area contributed by atoms with E-state index < -0.39 is 11.9 Å². The van der Waals surface area contributed by atoms with Gasteiger partial charge in [-0.05, 0) is 65.4 Å². The molecule has 0 saturated heterocycles. The highest BCUT2D eigenvalue weighted by Gasteiger charge is 2.15. The summed E-state index contributed by atoms with van der Waals surface area (Å²) in [5.74, 6) is -0.223. The number of nitrogens with zero attached hydrogens (tertiary/aromatic N) is 5. The number of benzene rings is 2. The van der Waals surface area contributed by atoms with Gasteiger partial charge in [0.25, 0.3) is 0 Å². The highest BCUT2D eigenvalue weighted by Crippen LogP contribution is 2.33. The van der Waals surface area contributed by atoms with Gasteiger partial charge in [-0.3, -0.25) is 4.98 Å². The summed E-state index contributed by atoms with van der Waals surface area (Å²) in [5.41, 5.74) is 2.38. The average Bonchev–Trinajstić information content (AvgIpc) is 3.29. The third-order valence-corrected chi connectivity index (χ3v) is 4.74. The van der Waals surface area contributed by atoms with Gasteiger partial charge in [0, 0.05) is 17.8 Å². The highest BCUT2D eigenvalue weighted by atomic mass is 35.5. The van der Waals surface area contributed by atoms with E-state index in [1.54, 1.807) is 49.5 Å². The van der Waals surface area contributed by atoms with Crippen molar-refractivity contribution >= 4 is 17.7 Å². The van der Waals surface area contributed by atoms with E-state index in [2.05, 4.69) is 25.8 Å². The second kappa shape index (κ2) is 8.88. The van der Waals surface area contributed by atoms with Crippen molar-refractivity contribution in [1.29, 1.82) is 0 Å². The van der Waals surface area contributed by atoms with Crippen LogP contribution in [0, 0.1) is 5.82 Å². The van der Waals surface area contributed by atoms with Gasteiger partial charge in [0.05, 0.1) is 22.4 Å². The number of hydrogen-bond acceptors (Lipinski definition) is 6. The molecule has 4 aromatic rings. The highest BCUT2D eigenvalue weighted by molar-refractivity contribution is 6.33. The Kier molecular flexibility index (Phi) is 5.85. The quantitative estimate of drug-likeness (QED) is 0.497. The lowest BCUT2D eigenvalue weighted by molar-refractivity contribution is 0.196. The molecule has 0 fully saturated rings. The van der Waals surface area contributed by atoms with E-state index >= 15 is 0 Å². The van der Waals surface area contributed by atoms with Gasteiger partial charge in [0.1, 0.15) is 17.9 Å². The van der Waals surface area contributed by atoms with Crippen LogP contribution in [0.2, 0.25) is 5.02 Å². The fourth-order valence-electron chi connectivity index (χ4n) is 2.95. The zero-order valence-electron chi connectivity index (χ0n) is 16.2. The lowest BCUT2D eigenvalue weighted by Crippen LogP contribution is -2.30. The maximum absolute atomic E-state index is 13.5. The van der Waals surface area contributed by atoms with Gasteiger partial charge in [-0.15, -0.1) is 5.10 Å². The van der Waals surface area contributed by atoms with Crippen molar-refractivity contribution < 1.29 is 13.9 Å². The maximum atomic E-state index is 13.5. The molecule has 8 nitrogen and oxygen atoms in total. The molecule has 4 rings (SSSR count). The van der Waals surface area contributed by atoms with Crippen LogP contribution in [-0.4, -0.2) is 31.3 Å². The van der Waals surface area contributed by atoms with Crippen molar-refractivity contribution in [3.63, 3.8) is 0 Å². The fraction of sp³-hybridized carbons (Fsp3) is 0.0952. The Balaban J connectivity index is 1.63. The van der Waals surface area contributed by atoms with Gasteiger partial charge >= 0.3 is 6.09 Å². The van der Waals surface area contributed by atoms with Crippen molar-refractivity contribution in [2.75, 3.05) is 0 Å². The zero-order valence-corrected chi connectivity index (χ0v) is 17.0. The first-order chi connectivity index (χ1) is 15.0. The Morgan fingerprint density at radius 3 is 2.77 bits per heavy atom. The Morgan fingerprint density at radius 2 is 2.06 bits per heavy atom. The minimum absolute atomic E-state index is 0.216. The van der Waals surface area contributed by atoms with E-state index in [1.807, 2.05) is 6.07 Å². The van der Waals surface area contributed by atoms with Gasteiger partial charge < -0.3 is 10.1 Å². The van der Waals surface area contributed by atoms with Crippen LogP contribution in [0.4, 0.5) is 9.18 Å². The lowest BCUT2D eigenvalue weighted by Gasteiger charge is -2.15. The number of carbonyl (C=O) groups excluding carboxylic acids is 1. The second-order valence-corrected chi connectivity index (χ2v) is 7.01. The Hall–Kier alpha value is -3.85. The molecule has 1 amide bonds. The summed E-state index contributed by atoms with van der Waals surface area (Å²) >= 11 is 6.22. The number of amides is 1. The number of ether oxygens (including phenoxy) is 1. The largest absolute Gasteiger partial charge is 0.413 e. The number of carbonyl (C=O) groups is 1. The summed E-state index contributed by atoms with van der Waals surface area (Å²) in [5, 5.41) is 14.1. The SMILES string of the molecule is CC(NC(=O)Oc1cc(-c2ccc(F)cc2Cl)cc(-n2cnnn2)c1)c1ccccn1. The first-order valence-electron chi connectivity index (χ1n) is 9.23. The number of hydrogen-bond donors (Lipinski definition) is 1. The molecular weight excluding hydrogens is 423 g/mol. The standard InChI is InChI=1S/C21H16ClFN6O2/c1-13(20-4-2-3-7-24-20)26-21(30)31-17-9-14(18-6-5-15(23)10-19(18)22)8-16(11-17)29-12-25-27-28-29/h2-13H,1H3,(H,26,30). The monoisotopic (exact) mass is 438 g/mol. The van der Waals surface area contributed by atoms with Crippen molar-refractivity contribution in [2.45, 2.75) is 13.0 Å². The molecule has 31 heavy (non-hydrogen) atoms. The number of tetrazole rings is 1. The minimum Gasteiger partial charge on any atom is -0.410 e. The predicted molar refractivity (Wildman–Crippen MR) is 111 cm³/mol. The molecule has 0 aliphatic heterocycles. The molecule has 2 aromatic carbocycles. The van der Waals surface area contributed by atoms with Crippen LogP contribution in [0.15, 0.2) is 67.1 Å².